The molecule has 0 spiro atoms. The molecule has 2 atom stereocenters. The molecule has 4 heterocycles. The van der Waals surface area contributed by atoms with Crippen molar-refractivity contribution in [2.24, 2.45) is 0 Å². The molecule has 0 aromatic carbocycles. The third-order valence-corrected chi connectivity index (χ3v) is 7.31. The average molecular weight is 363 g/mol. The third-order valence-electron chi connectivity index (χ3n) is 5.21. The molecular weight excluding hydrogens is 336 g/mol. The summed E-state index contributed by atoms with van der Waals surface area (Å²) in [5.74, 6) is 0. The van der Waals surface area contributed by atoms with Gasteiger partial charge >= 0.3 is 0 Å². The molecule has 4 rings (SSSR count). The average Bonchev–Trinajstić information content (AvgIpc) is 3.27. The lowest BCUT2D eigenvalue weighted by Gasteiger charge is -2.24. The van der Waals surface area contributed by atoms with Gasteiger partial charge in [-0.2, -0.15) is 0 Å². The molecule has 0 amide bonds. The second-order valence-electron chi connectivity index (χ2n) is 6.83. The van der Waals surface area contributed by atoms with Crippen LogP contribution in [0.2, 0.25) is 0 Å². The van der Waals surface area contributed by atoms with E-state index in [0.717, 1.165) is 26.1 Å². The lowest BCUT2D eigenvalue weighted by Crippen LogP contribution is -2.14. The van der Waals surface area contributed by atoms with Crippen LogP contribution < -0.4 is 0 Å². The molecule has 24 heavy (non-hydrogen) atoms. The van der Waals surface area contributed by atoms with Crippen molar-refractivity contribution in [3.8, 4) is 0 Å². The van der Waals surface area contributed by atoms with E-state index < -0.39 is 0 Å². The van der Waals surface area contributed by atoms with Crippen molar-refractivity contribution in [3.05, 3.63) is 43.8 Å². The third kappa shape index (κ3) is 3.77. The molecule has 0 bridgehead atoms. The fourth-order valence-electron chi connectivity index (χ4n) is 3.89. The monoisotopic (exact) mass is 362 g/mol. The van der Waals surface area contributed by atoms with Gasteiger partial charge in [0.25, 0.3) is 0 Å². The Hall–Kier alpha value is -0.680. The highest BCUT2D eigenvalue weighted by Crippen LogP contribution is 2.36. The molecule has 130 valence electrons. The highest BCUT2D eigenvalue weighted by atomic mass is 32.1. The van der Waals surface area contributed by atoms with E-state index in [4.69, 9.17) is 9.47 Å². The number of hydrogen-bond acceptors (Lipinski definition) is 4. The van der Waals surface area contributed by atoms with Crippen LogP contribution in [-0.2, 0) is 22.3 Å². The molecule has 2 aromatic rings. The zero-order valence-electron chi connectivity index (χ0n) is 14.2. The largest absolute Gasteiger partial charge is 0.372 e. The van der Waals surface area contributed by atoms with E-state index in [2.05, 4.69) is 22.9 Å². The molecule has 2 aliphatic heterocycles. The first-order valence-electron chi connectivity index (χ1n) is 9.27. The predicted octanol–water partition coefficient (Wildman–Crippen LogP) is 6.08. The Morgan fingerprint density at radius 1 is 0.750 bits per heavy atom. The summed E-state index contributed by atoms with van der Waals surface area (Å²) in [5, 5.41) is 4.44. The second kappa shape index (κ2) is 8.13. The Balaban J connectivity index is 1.15. The van der Waals surface area contributed by atoms with Gasteiger partial charge in [0.2, 0.25) is 0 Å². The molecule has 0 unspecified atom stereocenters. The van der Waals surface area contributed by atoms with Gasteiger partial charge in [0.05, 0.1) is 25.4 Å². The van der Waals surface area contributed by atoms with Gasteiger partial charge in [-0.3, -0.25) is 0 Å². The molecule has 0 saturated carbocycles. The van der Waals surface area contributed by atoms with Crippen LogP contribution in [0.25, 0.3) is 0 Å². The molecule has 2 aliphatic rings. The predicted molar refractivity (Wildman–Crippen MR) is 101 cm³/mol. The molecule has 0 fully saturated rings. The normalized spacial score (nSPS) is 23.0. The van der Waals surface area contributed by atoms with Crippen LogP contribution in [0.1, 0.15) is 71.6 Å². The van der Waals surface area contributed by atoms with Gasteiger partial charge in [-0.05, 0) is 59.7 Å². The number of rotatable bonds is 7. The van der Waals surface area contributed by atoms with Gasteiger partial charge in [0, 0.05) is 9.75 Å². The first kappa shape index (κ1) is 16.8. The summed E-state index contributed by atoms with van der Waals surface area (Å²) in [7, 11) is 0. The van der Waals surface area contributed by atoms with E-state index in [0.29, 0.717) is 12.2 Å². The zero-order chi connectivity index (χ0) is 16.2. The minimum absolute atomic E-state index is 0.365. The topological polar surface area (TPSA) is 18.5 Å². The van der Waals surface area contributed by atoms with Gasteiger partial charge in [-0.25, -0.2) is 0 Å². The fraction of sp³-hybridized carbons (Fsp3) is 0.600. The van der Waals surface area contributed by atoms with E-state index in [1.807, 2.05) is 22.7 Å². The first-order valence-corrected chi connectivity index (χ1v) is 11.0. The van der Waals surface area contributed by atoms with Gasteiger partial charge in [0.1, 0.15) is 0 Å². The van der Waals surface area contributed by atoms with Crippen molar-refractivity contribution in [1.82, 2.24) is 0 Å². The summed E-state index contributed by atoms with van der Waals surface area (Å²) in [4.78, 5) is 2.98. The highest BCUT2D eigenvalue weighted by molar-refractivity contribution is 7.10. The van der Waals surface area contributed by atoms with E-state index >= 15 is 0 Å². The highest BCUT2D eigenvalue weighted by Gasteiger charge is 2.22. The SMILES string of the molecule is c1cc2c(s1)[C@H](CCCCCC[C@@H]1OCCc3ccsc31)OCC2. The Bertz CT molecular complexity index is 589. The van der Waals surface area contributed by atoms with Crippen molar-refractivity contribution in [2.45, 2.75) is 63.6 Å². The van der Waals surface area contributed by atoms with Crippen LogP contribution in [0.3, 0.4) is 0 Å². The van der Waals surface area contributed by atoms with Crippen molar-refractivity contribution >= 4 is 22.7 Å². The van der Waals surface area contributed by atoms with Crippen molar-refractivity contribution in [3.63, 3.8) is 0 Å². The minimum Gasteiger partial charge on any atom is -0.372 e. The van der Waals surface area contributed by atoms with Gasteiger partial charge in [-0.15, -0.1) is 22.7 Å². The molecule has 0 radical (unpaired) electrons. The minimum atomic E-state index is 0.365. The molecule has 2 nitrogen and oxygen atoms in total. The van der Waals surface area contributed by atoms with Crippen molar-refractivity contribution in [1.29, 1.82) is 0 Å². The summed E-state index contributed by atoms with van der Waals surface area (Å²) >= 11 is 3.75. The van der Waals surface area contributed by atoms with Crippen LogP contribution in [0, 0.1) is 0 Å². The second-order valence-corrected chi connectivity index (χ2v) is 8.73. The van der Waals surface area contributed by atoms with E-state index in [-0.39, 0.29) is 0 Å². The zero-order valence-corrected chi connectivity index (χ0v) is 15.8. The number of ether oxygens (including phenoxy) is 2. The lowest BCUT2D eigenvalue weighted by molar-refractivity contribution is 0.0351. The van der Waals surface area contributed by atoms with Crippen LogP contribution in [0.15, 0.2) is 22.9 Å². The summed E-state index contributed by atoms with van der Waals surface area (Å²) in [6.07, 6.45) is 10.5. The van der Waals surface area contributed by atoms with Crippen LogP contribution in [0.5, 0.6) is 0 Å². The van der Waals surface area contributed by atoms with Gasteiger partial charge < -0.3 is 9.47 Å². The molecular formula is C20H26O2S2. The number of fused-ring (bicyclic) bond motifs is 2. The van der Waals surface area contributed by atoms with Gasteiger partial charge in [0.15, 0.2) is 0 Å². The maximum atomic E-state index is 5.99. The molecule has 0 aliphatic carbocycles. The van der Waals surface area contributed by atoms with E-state index in [9.17, 15) is 0 Å². The maximum absolute atomic E-state index is 5.99. The summed E-state index contributed by atoms with van der Waals surface area (Å²) < 4.78 is 12.0. The van der Waals surface area contributed by atoms with Gasteiger partial charge in [-0.1, -0.05) is 25.7 Å². The Morgan fingerprint density at radius 3 is 1.75 bits per heavy atom. The summed E-state index contributed by atoms with van der Waals surface area (Å²) in [6, 6.07) is 4.55. The number of unbranched alkanes of at least 4 members (excludes halogenated alkanes) is 3. The first-order chi connectivity index (χ1) is 11.9. The molecule has 0 N–H and O–H groups in total. The Morgan fingerprint density at radius 2 is 1.25 bits per heavy atom. The molecule has 2 aromatic heterocycles. The van der Waals surface area contributed by atoms with Crippen LogP contribution in [0.4, 0.5) is 0 Å². The number of hydrogen-bond donors (Lipinski definition) is 0. The Labute approximate surface area is 152 Å². The quantitative estimate of drug-likeness (QED) is 0.556. The Kier molecular flexibility index (Phi) is 5.68. The van der Waals surface area contributed by atoms with E-state index in [1.165, 1.54) is 59.4 Å². The molecule has 4 heteroatoms. The van der Waals surface area contributed by atoms with E-state index in [1.54, 1.807) is 0 Å². The van der Waals surface area contributed by atoms with Crippen molar-refractivity contribution in [2.75, 3.05) is 13.2 Å². The standard InChI is InChI=1S/C20H26O2S2/c1(3-5-17-19-15(7-11-21-17)9-13-23-19)2-4-6-18-20-16(8-12-22-18)10-14-24-20/h9-10,13-14,17-18H,1-8,11-12H2/t17-,18-/m0/s1. The summed E-state index contributed by atoms with van der Waals surface area (Å²) in [5.41, 5.74) is 3.05. The smallest absolute Gasteiger partial charge is 0.0919 e. The van der Waals surface area contributed by atoms with Crippen LogP contribution >= 0.6 is 22.7 Å². The number of thiophene rings is 2. The van der Waals surface area contributed by atoms with Crippen LogP contribution in [-0.4, -0.2) is 13.2 Å². The molecule has 0 saturated heterocycles. The lowest BCUT2D eigenvalue weighted by atomic mass is 10.00. The summed E-state index contributed by atoms with van der Waals surface area (Å²) in [6.45, 7) is 1.80. The van der Waals surface area contributed by atoms with Crippen molar-refractivity contribution < 1.29 is 9.47 Å². The maximum Gasteiger partial charge on any atom is 0.0919 e. The fourth-order valence-corrected chi connectivity index (χ4v) is 5.96.